The van der Waals surface area contributed by atoms with Crippen LogP contribution in [0.1, 0.15) is 28.2 Å². The smallest absolute Gasteiger partial charge is 0.406 e. The zero-order chi connectivity index (χ0) is 28.4. The molecule has 0 aliphatic heterocycles. The van der Waals surface area contributed by atoms with E-state index in [1.54, 1.807) is 30.1 Å². The zero-order valence-electron chi connectivity index (χ0n) is 21.7. The maximum Gasteiger partial charge on any atom is 0.573 e. The van der Waals surface area contributed by atoms with Crippen molar-refractivity contribution < 1.29 is 22.7 Å². The van der Waals surface area contributed by atoms with Crippen LogP contribution in [0.4, 0.5) is 23.7 Å². The van der Waals surface area contributed by atoms with Crippen LogP contribution in [0.3, 0.4) is 0 Å². The Morgan fingerprint density at radius 3 is 2.55 bits per heavy atom. The first-order chi connectivity index (χ1) is 19.1. The number of halogens is 3. The van der Waals surface area contributed by atoms with E-state index in [-0.39, 0.29) is 5.75 Å². The van der Waals surface area contributed by atoms with Crippen LogP contribution in [0.5, 0.6) is 5.75 Å². The maximum atomic E-state index is 12.5. The zero-order valence-corrected chi connectivity index (χ0v) is 22.5. The highest BCUT2D eigenvalue weighted by Crippen LogP contribution is 2.38. The van der Waals surface area contributed by atoms with Crippen molar-refractivity contribution in [1.82, 2.24) is 24.5 Å². The van der Waals surface area contributed by atoms with Gasteiger partial charge in [0.1, 0.15) is 5.75 Å². The van der Waals surface area contributed by atoms with Crippen molar-refractivity contribution in [2.75, 3.05) is 5.32 Å². The molecule has 13 heteroatoms. The minimum atomic E-state index is -4.74. The highest BCUT2D eigenvalue weighted by atomic mass is 32.2. The fourth-order valence-electron chi connectivity index (χ4n) is 4.62. The molecule has 2 aromatic heterocycles. The van der Waals surface area contributed by atoms with Crippen LogP contribution < -0.4 is 14.8 Å². The number of fused-ring (bicyclic) bond motifs is 3. The summed E-state index contributed by atoms with van der Waals surface area (Å²) >= 11 is 0.860. The molecule has 1 aliphatic rings. The van der Waals surface area contributed by atoms with Gasteiger partial charge in [0, 0.05) is 35.6 Å². The second kappa shape index (κ2) is 11.0. The normalized spacial score (nSPS) is 12.7. The summed E-state index contributed by atoms with van der Waals surface area (Å²) in [7, 11) is 1.79. The third-order valence-corrected chi connectivity index (χ3v) is 6.83. The third kappa shape index (κ3) is 5.93. The standard InChI is InChI=1S/C27H24F3N7O2S/c1-15-5-4-6-16(2)23(15)34-26(38)36-40-32-14-22-31-13-20-21(33-22)12-11-19-24(20)35-37(3)25(19)17-7-9-18(10-8-17)39-27(28,29)30/h4-10,13-14H,11-12H2,1-3H3,(H2,34,36,38)/b32-14+. The minimum Gasteiger partial charge on any atom is -0.406 e. The summed E-state index contributed by atoms with van der Waals surface area (Å²) in [6.07, 6.45) is -0.318. The lowest BCUT2D eigenvalue weighted by atomic mass is 9.91. The van der Waals surface area contributed by atoms with Gasteiger partial charge in [-0.2, -0.15) is 9.50 Å². The van der Waals surface area contributed by atoms with Crippen LogP contribution in [0.15, 0.2) is 53.1 Å². The third-order valence-electron chi connectivity index (χ3n) is 6.34. The first-order valence-corrected chi connectivity index (χ1v) is 13.0. The summed E-state index contributed by atoms with van der Waals surface area (Å²) in [4.78, 5) is 21.2. The molecule has 0 atom stereocenters. The first-order valence-electron chi connectivity index (χ1n) is 12.2. The van der Waals surface area contributed by atoms with Gasteiger partial charge < -0.3 is 10.1 Å². The quantitative estimate of drug-likeness (QED) is 0.220. The molecule has 0 spiro atoms. The molecule has 2 N–H and O–H groups in total. The van der Waals surface area contributed by atoms with E-state index in [1.807, 2.05) is 32.0 Å². The number of hydrogen-bond acceptors (Lipinski definition) is 7. The van der Waals surface area contributed by atoms with Crippen molar-refractivity contribution >= 4 is 30.1 Å². The molecule has 5 rings (SSSR count). The fourth-order valence-corrected chi connectivity index (χ4v) is 4.95. The summed E-state index contributed by atoms with van der Waals surface area (Å²) in [5.41, 5.74) is 7.52. The number of carbonyl (C=O) groups excluding carboxylic acids is 1. The molecule has 2 aromatic carbocycles. The molecule has 0 bridgehead atoms. The maximum absolute atomic E-state index is 12.5. The van der Waals surface area contributed by atoms with Crippen LogP contribution >= 0.6 is 12.1 Å². The van der Waals surface area contributed by atoms with Crippen molar-refractivity contribution in [1.29, 1.82) is 0 Å². The molecular weight excluding hydrogens is 543 g/mol. The topological polar surface area (TPSA) is 106 Å². The van der Waals surface area contributed by atoms with E-state index < -0.39 is 12.4 Å². The van der Waals surface area contributed by atoms with Crippen LogP contribution in [0.2, 0.25) is 0 Å². The summed E-state index contributed by atoms with van der Waals surface area (Å²) in [5.74, 6) is 0.110. The lowest BCUT2D eigenvalue weighted by Gasteiger charge is -2.15. The van der Waals surface area contributed by atoms with Crippen molar-refractivity contribution in [3.8, 4) is 28.3 Å². The Morgan fingerprint density at radius 1 is 1.12 bits per heavy atom. The molecule has 4 aromatic rings. The number of carbonyl (C=O) groups is 1. The average Bonchev–Trinajstić information content (AvgIpc) is 3.24. The molecule has 0 saturated carbocycles. The Morgan fingerprint density at radius 2 is 1.85 bits per heavy atom. The van der Waals surface area contributed by atoms with Crippen molar-refractivity contribution in [2.24, 2.45) is 11.4 Å². The molecule has 2 amide bonds. The molecule has 0 saturated heterocycles. The second-order valence-corrected chi connectivity index (χ2v) is 9.71. The van der Waals surface area contributed by atoms with Gasteiger partial charge in [-0.1, -0.05) is 18.2 Å². The number of nitrogens with zero attached hydrogens (tertiary/aromatic N) is 5. The van der Waals surface area contributed by atoms with E-state index in [0.717, 1.165) is 62.7 Å². The molecule has 0 radical (unpaired) electrons. The number of hydrogen-bond donors (Lipinski definition) is 2. The van der Waals surface area contributed by atoms with Crippen LogP contribution in [0, 0.1) is 13.8 Å². The number of aromatic nitrogens is 4. The SMILES string of the molecule is Cc1cccc(C)c1NC(=O)NS/N=C/c1ncc2c(n1)CCc1c-2nn(C)c1-c1ccc(OC(F)(F)F)cc1. The predicted molar refractivity (Wildman–Crippen MR) is 147 cm³/mol. The number of anilines is 1. The lowest BCUT2D eigenvalue weighted by Crippen LogP contribution is -2.23. The largest absolute Gasteiger partial charge is 0.573 e. The Labute approximate surface area is 232 Å². The molecule has 0 unspecified atom stereocenters. The van der Waals surface area contributed by atoms with Gasteiger partial charge in [-0.15, -0.1) is 13.2 Å². The number of benzene rings is 2. The molecule has 9 nitrogen and oxygen atoms in total. The lowest BCUT2D eigenvalue weighted by molar-refractivity contribution is -0.274. The Bertz CT molecular complexity index is 1580. The second-order valence-electron chi connectivity index (χ2n) is 9.11. The van der Waals surface area contributed by atoms with Gasteiger partial charge in [0.15, 0.2) is 5.82 Å². The van der Waals surface area contributed by atoms with Gasteiger partial charge in [0.2, 0.25) is 0 Å². The molecule has 2 heterocycles. The average molecular weight is 568 g/mol. The Kier molecular flexibility index (Phi) is 7.48. The van der Waals surface area contributed by atoms with Gasteiger partial charge in [0.05, 0.1) is 35.4 Å². The summed E-state index contributed by atoms with van der Waals surface area (Å²) in [6, 6.07) is 11.1. The molecule has 1 aliphatic carbocycles. The number of aryl methyl sites for hydroxylation is 4. The number of nitrogens with one attached hydrogen (secondary N) is 2. The number of alkyl halides is 3. The van der Waals surface area contributed by atoms with Gasteiger partial charge >= 0.3 is 12.4 Å². The van der Waals surface area contributed by atoms with E-state index >= 15 is 0 Å². The number of amides is 2. The summed E-state index contributed by atoms with van der Waals surface area (Å²) < 4.78 is 50.0. The van der Waals surface area contributed by atoms with Gasteiger partial charge in [-0.25, -0.2) is 14.8 Å². The van der Waals surface area contributed by atoms with Crippen LogP contribution in [0.25, 0.3) is 22.5 Å². The summed E-state index contributed by atoms with van der Waals surface area (Å²) in [5, 5.41) is 7.48. The Hall–Kier alpha value is -4.39. The molecular formula is C27H24F3N7O2S. The minimum absolute atomic E-state index is 0.282. The van der Waals surface area contributed by atoms with Crippen LogP contribution in [-0.4, -0.2) is 38.4 Å². The van der Waals surface area contributed by atoms with E-state index in [0.29, 0.717) is 18.7 Å². The van der Waals surface area contributed by atoms with E-state index in [2.05, 4.69) is 34.2 Å². The van der Waals surface area contributed by atoms with Gasteiger partial charge in [-0.3, -0.25) is 9.40 Å². The number of urea groups is 1. The van der Waals surface area contributed by atoms with Gasteiger partial charge in [0.25, 0.3) is 0 Å². The first kappa shape index (κ1) is 27.2. The molecule has 0 fully saturated rings. The number of para-hydroxylation sites is 1. The summed E-state index contributed by atoms with van der Waals surface area (Å²) in [6.45, 7) is 3.84. The number of rotatable bonds is 6. The highest BCUT2D eigenvalue weighted by molar-refractivity contribution is 7.96. The van der Waals surface area contributed by atoms with Crippen molar-refractivity contribution in [2.45, 2.75) is 33.1 Å². The van der Waals surface area contributed by atoms with E-state index in [9.17, 15) is 18.0 Å². The highest BCUT2D eigenvalue weighted by Gasteiger charge is 2.31. The van der Waals surface area contributed by atoms with E-state index in [4.69, 9.17) is 0 Å². The van der Waals surface area contributed by atoms with Gasteiger partial charge in [-0.05, 0) is 62.1 Å². The predicted octanol–water partition coefficient (Wildman–Crippen LogP) is 5.96. The fraction of sp³-hybridized carbons (Fsp3) is 0.222. The molecule has 40 heavy (non-hydrogen) atoms. The van der Waals surface area contributed by atoms with E-state index in [1.165, 1.54) is 18.3 Å². The molecule has 206 valence electrons. The van der Waals surface area contributed by atoms with Crippen molar-refractivity contribution in [3.63, 3.8) is 0 Å². The van der Waals surface area contributed by atoms with Crippen LogP contribution in [-0.2, 0) is 19.9 Å². The van der Waals surface area contributed by atoms with Crippen molar-refractivity contribution in [3.05, 3.63) is 76.9 Å². The Balaban J connectivity index is 1.26. The monoisotopic (exact) mass is 567 g/mol. The number of ether oxygens (including phenoxy) is 1.